The van der Waals surface area contributed by atoms with Crippen molar-refractivity contribution in [2.45, 2.75) is 31.8 Å². The Balaban J connectivity index is 1.46. The van der Waals surface area contributed by atoms with Gasteiger partial charge in [-0.3, -0.25) is 0 Å². The van der Waals surface area contributed by atoms with Gasteiger partial charge in [0.2, 0.25) is 0 Å². The lowest BCUT2D eigenvalue weighted by Gasteiger charge is -2.35. The van der Waals surface area contributed by atoms with Crippen LogP contribution in [0.25, 0.3) is 22.3 Å². The Morgan fingerprint density at radius 1 is 1.04 bits per heavy atom. The second kappa shape index (κ2) is 6.97. The molecule has 2 aliphatic rings. The first kappa shape index (κ1) is 16.2. The zero-order valence-electron chi connectivity index (χ0n) is 14.8. The van der Waals surface area contributed by atoms with Crippen LogP contribution in [0, 0.1) is 5.92 Å². The predicted octanol–water partition coefficient (Wildman–Crippen LogP) is 4.75. The van der Waals surface area contributed by atoms with Crippen LogP contribution in [-0.2, 0) is 4.74 Å². The third-order valence-corrected chi connectivity index (χ3v) is 6.38. The molecule has 0 amide bonds. The Morgan fingerprint density at radius 2 is 1.92 bits per heavy atom. The fourth-order valence-electron chi connectivity index (χ4n) is 4.28. The third-order valence-electron chi connectivity index (χ3n) is 5.69. The van der Waals surface area contributed by atoms with E-state index in [2.05, 4.69) is 46.0 Å². The molecule has 0 radical (unpaired) electrons. The molecule has 2 aromatic heterocycles. The van der Waals surface area contributed by atoms with Crippen LogP contribution in [0.1, 0.15) is 25.7 Å². The lowest BCUT2D eigenvalue weighted by Crippen LogP contribution is -2.38. The molecule has 5 heteroatoms. The highest BCUT2D eigenvalue weighted by Crippen LogP contribution is 2.33. The smallest absolute Gasteiger partial charge is 0.162 e. The fraction of sp³-hybridized carbons (Fsp3) is 0.429. The number of ether oxygens (including phenoxy) is 1. The minimum Gasteiger partial charge on any atom is -0.378 e. The van der Waals surface area contributed by atoms with Crippen molar-refractivity contribution in [2.75, 3.05) is 24.6 Å². The molecule has 0 spiro atoms. The molecule has 3 aromatic rings. The average molecular weight is 366 g/mol. The summed E-state index contributed by atoms with van der Waals surface area (Å²) in [6, 6.07) is 10.5. The molecule has 26 heavy (non-hydrogen) atoms. The Labute approximate surface area is 157 Å². The number of benzene rings is 1. The number of hydrogen-bond donors (Lipinski definition) is 0. The number of hydrogen-bond acceptors (Lipinski definition) is 5. The maximum Gasteiger partial charge on any atom is 0.162 e. The van der Waals surface area contributed by atoms with Crippen molar-refractivity contribution in [3.05, 3.63) is 41.1 Å². The normalized spacial score (nSPS) is 21.5. The summed E-state index contributed by atoms with van der Waals surface area (Å²) in [5, 5.41) is 5.36. The average Bonchev–Trinajstić information content (AvgIpc) is 3.41. The van der Waals surface area contributed by atoms with Gasteiger partial charge in [-0.25, -0.2) is 9.97 Å². The van der Waals surface area contributed by atoms with Gasteiger partial charge in [0.1, 0.15) is 5.82 Å². The second-order valence-electron chi connectivity index (χ2n) is 7.28. The number of anilines is 1. The highest BCUT2D eigenvalue weighted by atomic mass is 32.1. The maximum atomic E-state index is 5.93. The summed E-state index contributed by atoms with van der Waals surface area (Å²) in [7, 11) is 0. The number of nitrogens with zero attached hydrogens (tertiary/aromatic N) is 3. The highest BCUT2D eigenvalue weighted by molar-refractivity contribution is 7.08. The van der Waals surface area contributed by atoms with E-state index in [9.17, 15) is 0 Å². The minimum absolute atomic E-state index is 0.487. The molecule has 134 valence electrons. The lowest BCUT2D eigenvalue weighted by molar-refractivity contribution is 0.0531. The lowest BCUT2D eigenvalue weighted by atomic mass is 9.90. The van der Waals surface area contributed by atoms with Crippen LogP contribution in [0.15, 0.2) is 41.1 Å². The summed E-state index contributed by atoms with van der Waals surface area (Å²) in [6.07, 6.45) is 5.34. The van der Waals surface area contributed by atoms with Crippen molar-refractivity contribution in [1.29, 1.82) is 0 Å². The Kier molecular flexibility index (Phi) is 4.35. The third kappa shape index (κ3) is 2.99. The van der Waals surface area contributed by atoms with Gasteiger partial charge in [-0.1, -0.05) is 12.1 Å². The van der Waals surface area contributed by atoms with E-state index in [1.54, 1.807) is 11.3 Å². The van der Waals surface area contributed by atoms with Crippen molar-refractivity contribution >= 4 is 28.1 Å². The van der Waals surface area contributed by atoms with Crippen LogP contribution < -0.4 is 4.90 Å². The Bertz CT molecular complexity index is 881. The number of piperidine rings is 1. The van der Waals surface area contributed by atoms with Gasteiger partial charge >= 0.3 is 0 Å². The van der Waals surface area contributed by atoms with Crippen molar-refractivity contribution in [3.8, 4) is 11.4 Å². The van der Waals surface area contributed by atoms with Crippen LogP contribution in [0.4, 0.5) is 5.82 Å². The van der Waals surface area contributed by atoms with Crippen molar-refractivity contribution in [2.24, 2.45) is 5.92 Å². The maximum absolute atomic E-state index is 5.93. The molecule has 1 aromatic carbocycles. The number of rotatable bonds is 3. The van der Waals surface area contributed by atoms with Gasteiger partial charge in [0.15, 0.2) is 5.82 Å². The van der Waals surface area contributed by atoms with E-state index >= 15 is 0 Å². The minimum atomic E-state index is 0.487. The molecule has 0 N–H and O–H groups in total. The van der Waals surface area contributed by atoms with Gasteiger partial charge in [-0.2, -0.15) is 11.3 Å². The van der Waals surface area contributed by atoms with E-state index in [1.165, 1.54) is 25.7 Å². The van der Waals surface area contributed by atoms with Crippen molar-refractivity contribution in [3.63, 3.8) is 0 Å². The molecule has 4 heterocycles. The zero-order chi connectivity index (χ0) is 17.3. The fourth-order valence-corrected chi connectivity index (χ4v) is 4.91. The molecule has 1 unspecified atom stereocenters. The molecule has 4 nitrogen and oxygen atoms in total. The predicted molar refractivity (Wildman–Crippen MR) is 107 cm³/mol. The Hall–Kier alpha value is -1.98. The molecule has 0 aliphatic carbocycles. The first-order valence-corrected chi connectivity index (χ1v) is 10.5. The van der Waals surface area contributed by atoms with Crippen LogP contribution in [-0.4, -0.2) is 35.8 Å². The summed E-state index contributed by atoms with van der Waals surface area (Å²) in [4.78, 5) is 12.2. The SMILES string of the molecule is c1ccc2c(N3CCC(C4CCCO4)CC3)nc(-c3ccsc3)nc2c1. The van der Waals surface area contributed by atoms with Gasteiger partial charge < -0.3 is 9.64 Å². The van der Waals surface area contributed by atoms with E-state index in [1.807, 2.05) is 0 Å². The summed E-state index contributed by atoms with van der Waals surface area (Å²) >= 11 is 1.69. The monoisotopic (exact) mass is 365 g/mol. The number of para-hydroxylation sites is 1. The van der Waals surface area contributed by atoms with E-state index in [-0.39, 0.29) is 0 Å². The molecule has 0 saturated carbocycles. The molecule has 2 fully saturated rings. The van der Waals surface area contributed by atoms with Crippen LogP contribution in [0.5, 0.6) is 0 Å². The molecule has 0 bridgehead atoms. The number of aromatic nitrogens is 2. The quantitative estimate of drug-likeness (QED) is 0.671. The summed E-state index contributed by atoms with van der Waals surface area (Å²) in [5.41, 5.74) is 2.14. The molecular weight excluding hydrogens is 342 g/mol. The van der Waals surface area contributed by atoms with Crippen LogP contribution in [0.3, 0.4) is 0 Å². The Morgan fingerprint density at radius 3 is 2.69 bits per heavy atom. The number of thiophene rings is 1. The van der Waals surface area contributed by atoms with Gasteiger partial charge in [0, 0.05) is 36.0 Å². The van der Waals surface area contributed by atoms with Gasteiger partial charge in [-0.15, -0.1) is 0 Å². The zero-order valence-corrected chi connectivity index (χ0v) is 15.6. The highest BCUT2D eigenvalue weighted by Gasteiger charge is 2.30. The van der Waals surface area contributed by atoms with E-state index in [0.29, 0.717) is 12.0 Å². The molecular formula is C21H23N3OS. The molecule has 2 aliphatic heterocycles. The molecule has 1 atom stereocenters. The summed E-state index contributed by atoms with van der Waals surface area (Å²) in [6.45, 7) is 3.05. The molecule has 5 rings (SSSR count). The summed E-state index contributed by atoms with van der Waals surface area (Å²) < 4.78 is 5.93. The van der Waals surface area contributed by atoms with E-state index in [0.717, 1.165) is 47.8 Å². The van der Waals surface area contributed by atoms with E-state index < -0.39 is 0 Å². The summed E-state index contributed by atoms with van der Waals surface area (Å²) in [5.74, 6) is 2.63. The number of fused-ring (bicyclic) bond motifs is 1. The van der Waals surface area contributed by atoms with Crippen LogP contribution in [0.2, 0.25) is 0 Å². The standard InChI is InChI=1S/C21H23N3OS/c1-2-5-18-17(4-1)21(23-20(22-18)16-9-13-26-14-16)24-10-7-15(8-11-24)19-6-3-12-25-19/h1-2,4-5,9,13-15,19H,3,6-8,10-12H2. The van der Waals surface area contributed by atoms with E-state index in [4.69, 9.17) is 14.7 Å². The van der Waals surface area contributed by atoms with Gasteiger partial charge in [0.05, 0.1) is 11.6 Å². The van der Waals surface area contributed by atoms with Crippen molar-refractivity contribution in [1.82, 2.24) is 9.97 Å². The first-order chi connectivity index (χ1) is 12.9. The first-order valence-electron chi connectivity index (χ1n) is 9.54. The van der Waals surface area contributed by atoms with Crippen molar-refractivity contribution < 1.29 is 4.74 Å². The van der Waals surface area contributed by atoms with Gasteiger partial charge in [0.25, 0.3) is 0 Å². The van der Waals surface area contributed by atoms with Gasteiger partial charge in [-0.05, 0) is 55.2 Å². The molecule has 2 saturated heterocycles. The van der Waals surface area contributed by atoms with Crippen LogP contribution >= 0.6 is 11.3 Å². The largest absolute Gasteiger partial charge is 0.378 e. The second-order valence-corrected chi connectivity index (χ2v) is 8.06. The topological polar surface area (TPSA) is 38.2 Å².